The first-order chi connectivity index (χ1) is 8.33. The SMILES string of the molecule is CCCCCCCCCC.CCCCCC[SeH]. The van der Waals surface area contributed by atoms with Crippen molar-refractivity contribution in [1.29, 1.82) is 0 Å². The minimum absolute atomic E-state index is 1.30. The van der Waals surface area contributed by atoms with Gasteiger partial charge in [-0.05, 0) is 0 Å². The third kappa shape index (κ3) is 26.2. The summed E-state index contributed by atoms with van der Waals surface area (Å²) in [6.45, 7) is 6.78. The Morgan fingerprint density at radius 1 is 0.471 bits per heavy atom. The van der Waals surface area contributed by atoms with Crippen LogP contribution in [-0.4, -0.2) is 16.0 Å². The number of hydrogen-bond donors (Lipinski definition) is 0. The summed E-state index contributed by atoms with van der Waals surface area (Å²) in [5.41, 5.74) is 0. The van der Waals surface area contributed by atoms with Crippen LogP contribution in [0.3, 0.4) is 0 Å². The molecular formula is C16H36Se. The Bertz CT molecular complexity index is 89.7. The van der Waals surface area contributed by atoms with E-state index in [9.17, 15) is 0 Å². The van der Waals surface area contributed by atoms with Crippen molar-refractivity contribution in [2.75, 3.05) is 0 Å². The number of unbranched alkanes of at least 4 members (excludes halogenated alkanes) is 10. The Kier molecular flexibility index (Phi) is 25.4. The molecule has 0 N–H and O–H groups in total. The van der Waals surface area contributed by atoms with E-state index in [4.69, 9.17) is 0 Å². The van der Waals surface area contributed by atoms with Gasteiger partial charge in [-0.25, -0.2) is 0 Å². The van der Waals surface area contributed by atoms with Crippen LogP contribution >= 0.6 is 0 Å². The predicted molar refractivity (Wildman–Crippen MR) is 84.4 cm³/mol. The van der Waals surface area contributed by atoms with Gasteiger partial charge in [-0.1, -0.05) is 65.2 Å². The molecule has 1 heteroatoms. The summed E-state index contributed by atoms with van der Waals surface area (Å²) in [5, 5.41) is 1.30. The number of rotatable bonds is 11. The van der Waals surface area contributed by atoms with E-state index < -0.39 is 0 Å². The molecule has 0 heterocycles. The van der Waals surface area contributed by atoms with Gasteiger partial charge < -0.3 is 0 Å². The molecule has 0 radical (unpaired) electrons. The molecule has 17 heavy (non-hydrogen) atoms. The standard InChI is InChI=1S/C10H22.C6H14Se/c1-3-5-7-9-10-8-6-4-2;1-2-3-4-5-6-7/h3-10H2,1-2H3;7H,2-6H2,1H3. The van der Waals surface area contributed by atoms with Crippen LogP contribution in [0.1, 0.15) is 97.8 Å². The monoisotopic (exact) mass is 308 g/mol. The number of hydrogen-bond acceptors (Lipinski definition) is 0. The maximum atomic E-state index is 2.62. The van der Waals surface area contributed by atoms with Crippen molar-refractivity contribution in [3.05, 3.63) is 0 Å². The molecule has 0 aromatic carbocycles. The first kappa shape index (κ1) is 19.8. The fraction of sp³-hybridized carbons (Fsp3) is 1.00. The van der Waals surface area contributed by atoms with Gasteiger partial charge in [-0.15, -0.1) is 0 Å². The van der Waals surface area contributed by atoms with Crippen LogP contribution in [0.2, 0.25) is 5.32 Å². The molecule has 0 aromatic rings. The van der Waals surface area contributed by atoms with E-state index in [0.29, 0.717) is 0 Å². The molecule has 0 aliphatic carbocycles. The van der Waals surface area contributed by atoms with Crippen LogP contribution < -0.4 is 0 Å². The van der Waals surface area contributed by atoms with Gasteiger partial charge in [0.15, 0.2) is 0 Å². The second kappa shape index (κ2) is 21.8. The minimum atomic E-state index is 1.30. The van der Waals surface area contributed by atoms with E-state index in [1.54, 1.807) is 0 Å². The molecule has 0 atom stereocenters. The molecule has 0 amide bonds. The van der Waals surface area contributed by atoms with Crippen molar-refractivity contribution in [1.82, 2.24) is 0 Å². The summed E-state index contributed by atoms with van der Waals surface area (Å²) >= 11 is 2.62. The van der Waals surface area contributed by atoms with Crippen molar-refractivity contribution in [2.45, 2.75) is 103 Å². The molecule has 0 aromatic heterocycles. The second-order valence-corrected chi connectivity index (χ2v) is 5.84. The van der Waals surface area contributed by atoms with Gasteiger partial charge in [0, 0.05) is 0 Å². The molecule has 0 aliphatic rings. The molecule has 0 bridgehead atoms. The van der Waals surface area contributed by atoms with Crippen LogP contribution in [-0.2, 0) is 0 Å². The summed E-state index contributed by atoms with van der Waals surface area (Å²) in [7, 11) is 0. The normalized spacial score (nSPS) is 9.88. The molecule has 0 spiro atoms. The molecule has 0 unspecified atom stereocenters. The van der Waals surface area contributed by atoms with Crippen LogP contribution in [0.25, 0.3) is 0 Å². The molecule has 0 fully saturated rings. The molecule has 0 saturated carbocycles. The van der Waals surface area contributed by atoms with E-state index in [-0.39, 0.29) is 0 Å². The van der Waals surface area contributed by atoms with Crippen molar-refractivity contribution in [2.24, 2.45) is 0 Å². The average molecular weight is 307 g/mol. The van der Waals surface area contributed by atoms with E-state index in [1.165, 1.54) is 82.4 Å². The van der Waals surface area contributed by atoms with Gasteiger partial charge in [-0.3, -0.25) is 0 Å². The quantitative estimate of drug-likeness (QED) is 0.323. The Labute approximate surface area is 119 Å². The van der Waals surface area contributed by atoms with E-state index in [1.807, 2.05) is 0 Å². The first-order valence-corrected chi connectivity index (χ1v) is 9.26. The molecule has 106 valence electrons. The Morgan fingerprint density at radius 3 is 1.06 bits per heavy atom. The fourth-order valence-electron chi connectivity index (χ4n) is 1.75. The van der Waals surface area contributed by atoms with Gasteiger partial charge in [0.05, 0.1) is 0 Å². The summed E-state index contributed by atoms with van der Waals surface area (Å²) in [5.74, 6) is 0. The second-order valence-electron chi connectivity index (χ2n) is 4.91. The van der Waals surface area contributed by atoms with Gasteiger partial charge in [-0.2, -0.15) is 0 Å². The van der Waals surface area contributed by atoms with Gasteiger partial charge >= 0.3 is 53.9 Å². The first-order valence-electron chi connectivity index (χ1n) is 7.94. The summed E-state index contributed by atoms with van der Waals surface area (Å²) in [4.78, 5) is 0. The predicted octanol–water partition coefficient (Wildman–Crippen LogP) is 6.03. The third-order valence-corrected chi connectivity index (χ3v) is 3.63. The van der Waals surface area contributed by atoms with Gasteiger partial charge in [0.25, 0.3) is 0 Å². The summed E-state index contributed by atoms with van der Waals surface area (Å²) < 4.78 is 0. The zero-order valence-electron chi connectivity index (χ0n) is 12.6. The molecule has 0 rings (SSSR count). The Hall–Kier alpha value is 0.519. The van der Waals surface area contributed by atoms with Crippen LogP contribution in [0, 0.1) is 0 Å². The molecular weight excluding hydrogens is 271 g/mol. The molecule has 0 aliphatic heterocycles. The maximum absolute atomic E-state index is 2.62. The average Bonchev–Trinajstić information content (AvgIpc) is 2.35. The topological polar surface area (TPSA) is 0 Å². The van der Waals surface area contributed by atoms with Crippen LogP contribution in [0.4, 0.5) is 0 Å². The fourth-order valence-corrected chi connectivity index (χ4v) is 2.21. The van der Waals surface area contributed by atoms with Crippen molar-refractivity contribution < 1.29 is 0 Å². The zero-order chi connectivity index (χ0) is 13.2. The van der Waals surface area contributed by atoms with E-state index >= 15 is 0 Å². The van der Waals surface area contributed by atoms with Crippen molar-refractivity contribution in [3.8, 4) is 0 Å². The van der Waals surface area contributed by atoms with Gasteiger partial charge in [0.1, 0.15) is 0 Å². The molecule has 0 nitrogen and oxygen atoms in total. The van der Waals surface area contributed by atoms with Crippen molar-refractivity contribution in [3.63, 3.8) is 0 Å². The van der Waals surface area contributed by atoms with Crippen molar-refractivity contribution >= 4 is 16.0 Å². The third-order valence-electron chi connectivity index (χ3n) is 2.97. The Balaban J connectivity index is 0. The zero-order valence-corrected chi connectivity index (χ0v) is 14.5. The van der Waals surface area contributed by atoms with Gasteiger partial charge in [0.2, 0.25) is 0 Å². The summed E-state index contributed by atoms with van der Waals surface area (Å²) in [6.07, 6.45) is 17.0. The Morgan fingerprint density at radius 2 is 0.765 bits per heavy atom. The molecule has 0 saturated heterocycles. The van der Waals surface area contributed by atoms with E-state index in [2.05, 4.69) is 36.8 Å². The van der Waals surface area contributed by atoms with Crippen LogP contribution in [0.5, 0.6) is 0 Å². The van der Waals surface area contributed by atoms with Crippen LogP contribution in [0.15, 0.2) is 0 Å². The summed E-state index contributed by atoms with van der Waals surface area (Å²) in [6, 6.07) is 0. The van der Waals surface area contributed by atoms with E-state index in [0.717, 1.165) is 0 Å².